The zero-order valence-electron chi connectivity index (χ0n) is 18.1. The molecule has 1 aliphatic heterocycles. The van der Waals surface area contributed by atoms with Crippen LogP contribution in [0, 0.1) is 0 Å². The number of Topliss-reactive ketones (excluding diaryl/α,β-unsaturated/α-hetero) is 1. The van der Waals surface area contributed by atoms with E-state index in [1.165, 1.54) is 16.2 Å². The number of amides is 1. The van der Waals surface area contributed by atoms with E-state index in [0.717, 1.165) is 5.69 Å². The summed E-state index contributed by atoms with van der Waals surface area (Å²) < 4.78 is 5.53. The van der Waals surface area contributed by atoms with Crippen LogP contribution in [0.15, 0.2) is 77.4 Å². The number of aliphatic hydroxyl groups is 1. The predicted octanol–water partition coefficient (Wildman–Crippen LogP) is 5.00. The van der Waals surface area contributed by atoms with Crippen LogP contribution >= 0.6 is 11.3 Å². The van der Waals surface area contributed by atoms with Gasteiger partial charge < -0.3 is 14.7 Å². The first kappa shape index (κ1) is 21.6. The molecule has 0 radical (unpaired) electrons. The van der Waals surface area contributed by atoms with Crippen molar-refractivity contribution in [2.45, 2.75) is 13.0 Å². The average Bonchev–Trinajstić information content (AvgIpc) is 3.42. The van der Waals surface area contributed by atoms with Crippen LogP contribution in [0.2, 0.25) is 0 Å². The normalized spacial score (nSPS) is 15.9. The molecular weight excluding hydrogens is 424 g/mol. The Morgan fingerprint density at radius 1 is 1.09 bits per heavy atom. The molecule has 2 heterocycles. The molecule has 0 aliphatic carbocycles. The molecule has 0 fully saturated rings. The fourth-order valence-corrected chi connectivity index (χ4v) is 4.46. The number of hydrogen-bond donors (Lipinski definition) is 1. The molecule has 7 heteroatoms. The summed E-state index contributed by atoms with van der Waals surface area (Å²) in [4.78, 5) is 30.4. The second-order valence-corrected chi connectivity index (χ2v) is 8.51. The van der Waals surface area contributed by atoms with Gasteiger partial charge in [0.2, 0.25) is 5.78 Å². The van der Waals surface area contributed by atoms with Gasteiger partial charge in [0.15, 0.2) is 5.76 Å². The molecule has 6 nitrogen and oxygen atoms in total. The number of thiophene rings is 1. The molecule has 0 bridgehead atoms. The fraction of sp³-hybridized carbons (Fsp3) is 0.200. The third kappa shape index (κ3) is 3.87. The SMILES string of the molecule is CCOc1ccc(C2C(C(=O)c3cccs3)=C(O)C(=O)N2c2ccc(N(C)C)cc2)cc1. The summed E-state index contributed by atoms with van der Waals surface area (Å²) in [5.41, 5.74) is 2.37. The Morgan fingerprint density at radius 3 is 2.34 bits per heavy atom. The molecule has 2 aromatic carbocycles. The Morgan fingerprint density at radius 2 is 1.78 bits per heavy atom. The smallest absolute Gasteiger partial charge is 0.294 e. The van der Waals surface area contributed by atoms with Crippen LogP contribution < -0.4 is 14.5 Å². The van der Waals surface area contributed by atoms with Crippen molar-refractivity contribution >= 4 is 34.4 Å². The van der Waals surface area contributed by atoms with Crippen LogP contribution in [0.5, 0.6) is 5.75 Å². The van der Waals surface area contributed by atoms with E-state index >= 15 is 0 Å². The summed E-state index contributed by atoms with van der Waals surface area (Å²) in [5, 5.41) is 12.6. The van der Waals surface area contributed by atoms with Gasteiger partial charge in [-0.15, -0.1) is 11.3 Å². The van der Waals surface area contributed by atoms with Crippen molar-refractivity contribution in [3.05, 3.63) is 87.8 Å². The van der Waals surface area contributed by atoms with E-state index in [2.05, 4.69) is 0 Å². The summed E-state index contributed by atoms with van der Waals surface area (Å²) >= 11 is 1.28. The molecule has 164 valence electrons. The van der Waals surface area contributed by atoms with Crippen LogP contribution in [0.3, 0.4) is 0 Å². The highest BCUT2D eigenvalue weighted by atomic mass is 32.1. The van der Waals surface area contributed by atoms with Crippen molar-refractivity contribution in [3.63, 3.8) is 0 Å². The maximum absolute atomic E-state index is 13.3. The average molecular weight is 449 g/mol. The number of carbonyl (C=O) groups excluding carboxylic acids is 2. The maximum atomic E-state index is 13.3. The van der Waals surface area contributed by atoms with E-state index in [9.17, 15) is 14.7 Å². The van der Waals surface area contributed by atoms with E-state index in [1.807, 2.05) is 62.3 Å². The Kier molecular flexibility index (Phi) is 6.01. The predicted molar refractivity (Wildman–Crippen MR) is 127 cm³/mol. The van der Waals surface area contributed by atoms with Crippen molar-refractivity contribution in [1.29, 1.82) is 0 Å². The lowest BCUT2D eigenvalue weighted by Gasteiger charge is -2.27. The lowest BCUT2D eigenvalue weighted by Crippen LogP contribution is -2.31. The molecule has 3 aromatic rings. The molecule has 0 spiro atoms. The van der Waals surface area contributed by atoms with Crippen molar-refractivity contribution in [2.75, 3.05) is 30.5 Å². The molecule has 1 aromatic heterocycles. The lowest BCUT2D eigenvalue weighted by molar-refractivity contribution is -0.117. The second kappa shape index (κ2) is 8.88. The van der Waals surface area contributed by atoms with Gasteiger partial charge in [-0.25, -0.2) is 0 Å². The fourth-order valence-electron chi connectivity index (χ4n) is 3.78. The Labute approximate surface area is 191 Å². The molecule has 4 rings (SSSR count). The summed E-state index contributed by atoms with van der Waals surface area (Å²) in [7, 11) is 3.87. The molecule has 0 saturated carbocycles. The number of aliphatic hydroxyl groups excluding tert-OH is 1. The number of rotatable bonds is 7. The monoisotopic (exact) mass is 448 g/mol. The molecule has 32 heavy (non-hydrogen) atoms. The number of hydrogen-bond acceptors (Lipinski definition) is 6. The zero-order chi connectivity index (χ0) is 22.8. The van der Waals surface area contributed by atoms with E-state index in [-0.39, 0.29) is 11.4 Å². The van der Waals surface area contributed by atoms with E-state index < -0.39 is 17.7 Å². The first-order chi connectivity index (χ1) is 15.4. The number of nitrogens with zero attached hydrogens (tertiary/aromatic N) is 2. The quantitative estimate of drug-likeness (QED) is 0.516. The largest absolute Gasteiger partial charge is 0.503 e. The number of ketones is 1. The lowest BCUT2D eigenvalue weighted by atomic mass is 9.95. The maximum Gasteiger partial charge on any atom is 0.294 e. The third-order valence-corrected chi connectivity index (χ3v) is 6.22. The van der Waals surface area contributed by atoms with Crippen molar-refractivity contribution in [2.24, 2.45) is 0 Å². The zero-order valence-corrected chi connectivity index (χ0v) is 18.9. The second-order valence-electron chi connectivity index (χ2n) is 7.56. The van der Waals surface area contributed by atoms with Crippen LogP contribution in [0.4, 0.5) is 11.4 Å². The minimum Gasteiger partial charge on any atom is -0.503 e. The van der Waals surface area contributed by atoms with Gasteiger partial charge in [-0.05, 0) is 60.3 Å². The van der Waals surface area contributed by atoms with Crippen molar-refractivity contribution < 1.29 is 19.4 Å². The van der Waals surface area contributed by atoms with Crippen LogP contribution in [-0.2, 0) is 4.79 Å². The van der Waals surface area contributed by atoms with Gasteiger partial charge in [-0.1, -0.05) is 18.2 Å². The summed E-state index contributed by atoms with van der Waals surface area (Å²) in [5.74, 6) is -0.765. The highest BCUT2D eigenvalue weighted by Crippen LogP contribution is 2.42. The molecule has 0 saturated heterocycles. The van der Waals surface area contributed by atoms with Crippen LogP contribution in [-0.4, -0.2) is 37.5 Å². The molecular formula is C25H24N2O4S. The van der Waals surface area contributed by atoms with Gasteiger partial charge in [0.05, 0.1) is 23.1 Å². The Hall–Kier alpha value is -3.58. The van der Waals surface area contributed by atoms with Gasteiger partial charge >= 0.3 is 0 Å². The first-order valence-corrected chi connectivity index (χ1v) is 11.2. The van der Waals surface area contributed by atoms with E-state index in [0.29, 0.717) is 28.5 Å². The van der Waals surface area contributed by atoms with E-state index in [1.54, 1.807) is 29.6 Å². The summed E-state index contributed by atoms with van der Waals surface area (Å²) in [6, 6.07) is 17.4. The van der Waals surface area contributed by atoms with Gasteiger partial charge in [-0.2, -0.15) is 0 Å². The minimum atomic E-state index is -0.752. The number of carbonyl (C=O) groups is 2. The number of ether oxygens (including phenoxy) is 1. The number of benzene rings is 2. The molecule has 1 N–H and O–H groups in total. The van der Waals surface area contributed by atoms with Crippen LogP contribution in [0.25, 0.3) is 0 Å². The molecule has 1 aliphatic rings. The van der Waals surface area contributed by atoms with Crippen molar-refractivity contribution in [3.8, 4) is 5.75 Å². The first-order valence-electron chi connectivity index (χ1n) is 10.3. The van der Waals surface area contributed by atoms with E-state index in [4.69, 9.17) is 4.74 Å². The third-order valence-electron chi connectivity index (χ3n) is 5.35. The molecule has 1 unspecified atom stereocenters. The highest BCUT2D eigenvalue weighted by molar-refractivity contribution is 7.12. The van der Waals surface area contributed by atoms with Gasteiger partial charge in [0, 0.05) is 25.5 Å². The van der Waals surface area contributed by atoms with Gasteiger partial charge in [0.1, 0.15) is 5.75 Å². The molecule has 1 amide bonds. The Balaban J connectivity index is 1.81. The van der Waals surface area contributed by atoms with Gasteiger partial charge in [-0.3, -0.25) is 14.5 Å². The number of anilines is 2. The topological polar surface area (TPSA) is 70.1 Å². The standard InChI is InChI=1S/C25H24N2O4S/c1-4-31-19-13-7-16(8-14-19)22-21(23(28)20-6-5-15-32-20)24(29)25(30)27(22)18-11-9-17(10-12-18)26(2)3/h5-15,22,29H,4H2,1-3H3. The molecule has 1 atom stereocenters. The summed E-state index contributed by atoms with van der Waals surface area (Å²) in [6.07, 6.45) is 0. The Bertz CT molecular complexity index is 1150. The minimum absolute atomic E-state index is 0.0818. The highest BCUT2D eigenvalue weighted by Gasteiger charge is 2.44. The van der Waals surface area contributed by atoms with Gasteiger partial charge in [0.25, 0.3) is 5.91 Å². The van der Waals surface area contributed by atoms with Crippen LogP contribution in [0.1, 0.15) is 28.2 Å². The summed E-state index contributed by atoms with van der Waals surface area (Å²) in [6.45, 7) is 2.44. The van der Waals surface area contributed by atoms with Crippen molar-refractivity contribution in [1.82, 2.24) is 0 Å².